The summed E-state index contributed by atoms with van der Waals surface area (Å²) in [7, 11) is 0. The lowest BCUT2D eigenvalue weighted by Gasteiger charge is -2.18. The average molecular weight is 263 g/mol. The number of aromatic nitrogens is 1. The zero-order valence-corrected chi connectivity index (χ0v) is 11.6. The predicted molar refractivity (Wildman–Crippen MR) is 80.6 cm³/mol. The molecule has 0 atom stereocenters. The highest BCUT2D eigenvalue weighted by molar-refractivity contribution is 5.70. The largest absolute Gasteiger partial charge is 0.356 e. The molecule has 1 saturated heterocycles. The van der Waals surface area contributed by atoms with Crippen LogP contribution in [0.1, 0.15) is 24.0 Å². The molecule has 0 radical (unpaired) electrons. The van der Waals surface area contributed by atoms with Gasteiger partial charge in [-0.05, 0) is 37.0 Å². The molecule has 0 amide bonds. The number of aryl methyl sites for hydroxylation is 1. The number of pyridine rings is 1. The summed E-state index contributed by atoms with van der Waals surface area (Å²) in [6.45, 7) is 4.09. The summed E-state index contributed by atoms with van der Waals surface area (Å²) in [5.74, 6) is 0.835. The van der Waals surface area contributed by atoms with Gasteiger partial charge < -0.3 is 4.90 Å². The summed E-state index contributed by atoms with van der Waals surface area (Å²) in [6, 6.07) is 12.5. The van der Waals surface area contributed by atoms with E-state index in [9.17, 15) is 5.26 Å². The Morgan fingerprint density at radius 3 is 2.65 bits per heavy atom. The third-order valence-electron chi connectivity index (χ3n) is 3.85. The van der Waals surface area contributed by atoms with E-state index in [1.807, 2.05) is 24.4 Å². The monoisotopic (exact) mass is 263 g/mol. The summed E-state index contributed by atoms with van der Waals surface area (Å²) >= 11 is 0. The molecule has 1 aromatic heterocycles. The van der Waals surface area contributed by atoms with Crippen molar-refractivity contribution in [3.63, 3.8) is 0 Å². The Balaban J connectivity index is 2.04. The molecule has 3 rings (SSSR count). The van der Waals surface area contributed by atoms with E-state index < -0.39 is 0 Å². The summed E-state index contributed by atoms with van der Waals surface area (Å²) in [5.41, 5.74) is 4.03. The number of anilines is 1. The van der Waals surface area contributed by atoms with E-state index in [-0.39, 0.29) is 0 Å². The zero-order chi connectivity index (χ0) is 13.9. The summed E-state index contributed by atoms with van der Waals surface area (Å²) < 4.78 is 0. The Hall–Kier alpha value is -2.34. The average Bonchev–Trinajstić information content (AvgIpc) is 3.01. The van der Waals surface area contributed by atoms with Crippen molar-refractivity contribution < 1.29 is 0 Å². The minimum absolute atomic E-state index is 0.674. The topological polar surface area (TPSA) is 39.9 Å². The SMILES string of the molecule is Cc1ccccc1-c1cnc(N2CCCC2)c(C#N)c1. The second-order valence-electron chi connectivity index (χ2n) is 5.22. The van der Waals surface area contributed by atoms with Crippen LogP contribution in [0.3, 0.4) is 0 Å². The number of rotatable bonds is 2. The van der Waals surface area contributed by atoms with Crippen LogP contribution in [0.5, 0.6) is 0 Å². The van der Waals surface area contributed by atoms with Gasteiger partial charge in [0.15, 0.2) is 0 Å². The molecule has 2 aromatic rings. The second-order valence-corrected chi connectivity index (χ2v) is 5.22. The first-order valence-corrected chi connectivity index (χ1v) is 7.00. The smallest absolute Gasteiger partial charge is 0.146 e. The van der Waals surface area contributed by atoms with Gasteiger partial charge in [-0.3, -0.25) is 0 Å². The minimum atomic E-state index is 0.674. The van der Waals surface area contributed by atoms with Gasteiger partial charge in [-0.15, -0.1) is 0 Å². The maximum Gasteiger partial charge on any atom is 0.146 e. The lowest BCUT2D eigenvalue weighted by Crippen LogP contribution is -2.20. The number of nitriles is 1. The molecule has 0 unspecified atom stereocenters. The fourth-order valence-electron chi connectivity index (χ4n) is 2.76. The van der Waals surface area contributed by atoms with Gasteiger partial charge in [-0.25, -0.2) is 4.98 Å². The molecule has 0 saturated carbocycles. The van der Waals surface area contributed by atoms with Crippen molar-refractivity contribution in [2.24, 2.45) is 0 Å². The van der Waals surface area contributed by atoms with Crippen molar-refractivity contribution in [1.82, 2.24) is 4.98 Å². The van der Waals surface area contributed by atoms with E-state index in [0.717, 1.165) is 30.0 Å². The zero-order valence-electron chi connectivity index (χ0n) is 11.6. The first-order valence-electron chi connectivity index (χ1n) is 7.00. The maximum absolute atomic E-state index is 9.40. The fraction of sp³-hybridized carbons (Fsp3) is 0.294. The third-order valence-corrected chi connectivity index (χ3v) is 3.85. The Morgan fingerprint density at radius 1 is 1.20 bits per heavy atom. The van der Waals surface area contributed by atoms with Crippen molar-refractivity contribution in [2.75, 3.05) is 18.0 Å². The molecular formula is C17H17N3. The van der Waals surface area contributed by atoms with Gasteiger partial charge in [-0.2, -0.15) is 5.26 Å². The van der Waals surface area contributed by atoms with E-state index in [1.54, 1.807) is 0 Å². The van der Waals surface area contributed by atoms with Gasteiger partial charge in [0.25, 0.3) is 0 Å². The van der Waals surface area contributed by atoms with Crippen molar-refractivity contribution in [3.05, 3.63) is 47.7 Å². The van der Waals surface area contributed by atoms with Crippen LogP contribution in [-0.4, -0.2) is 18.1 Å². The Labute approximate surface area is 119 Å². The van der Waals surface area contributed by atoms with Gasteiger partial charge in [0, 0.05) is 24.8 Å². The number of nitrogens with zero attached hydrogens (tertiary/aromatic N) is 3. The molecule has 0 spiro atoms. The van der Waals surface area contributed by atoms with Crippen LogP contribution >= 0.6 is 0 Å². The molecule has 3 heteroatoms. The standard InChI is InChI=1S/C17H17N3/c1-13-6-2-3-7-16(13)15-10-14(11-18)17(19-12-15)20-8-4-5-9-20/h2-3,6-7,10,12H,4-5,8-9H2,1H3. The van der Waals surface area contributed by atoms with E-state index in [1.165, 1.54) is 18.4 Å². The van der Waals surface area contributed by atoms with Crippen LogP contribution in [0.2, 0.25) is 0 Å². The summed E-state index contributed by atoms with van der Waals surface area (Å²) in [4.78, 5) is 6.76. The maximum atomic E-state index is 9.40. The first-order chi connectivity index (χ1) is 9.79. The van der Waals surface area contributed by atoms with Gasteiger partial charge in [-0.1, -0.05) is 24.3 Å². The van der Waals surface area contributed by atoms with Crippen LogP contribution in [0.25, 0.3) is 11.1 Å². The quantitative estimate of drug-likeness (QED) is 0.832. The van der Waals surface area contributed by atoms with Gasteiger partial charge in [0.05, 0.1) is 5.56 Å². The summed E-state index contributed by atoms with van der Waals surface area (Å²) in [6.07, 6.45) is 4.26. The number of hydrogen-bond donors (Lipinski definition) is 0. The Bertz CT molecular complexity index is 664. The highest BCUT2D eigenvalue weighted by Gasteiger charge is 2.17. The van der Waals surface area contributed by atoms with Crippen molar-refractivity contribution in [2.45, 2.75) is 19.8 Å². The number of hydrogen-bond acceptors (Lipinski definition) is 3. The number of benzene rings is 1. The second kappa shape index (κ2) is 5.34. The predicted octanol–water partition coefficient (Wildman–Crippen LogP) is 3.53. The van der Waals surface area contributed by atoms with Crippen LogP contribution < -0.4 is 4.90 Å². The normalized spacial score (nSPS) is 14.3. The molecule has 100 valence electrons. The van der Waals surface area contributed by atoms with Crippen LogP contribution in [0, 0.1) is 18.3 Å². The highest BCUT2D eigenvalue weighted by Crippen LogP contribution is 2.28. The first kappa shape index (κ1) is 12.7. The van der Waals surface area contributed by atoms with E-state index in [4.69, 9.17) is 0 Å². The molecule has 1 aliphatic rings. The molecule has 3 nitrogen and oxygen atoms in total. The van der Waals surface area contributed by atoms with Crippen LogP contribution in [0.4, 0.5) is 5.82 Å². The van der Waals surface area contributed by atoms with Crippen LogP contribution in [-0.2, 0) is 0 Å². The van der Waals surface area contributed by atoms with Crippen LogP contribution in [0.15, 0.2) is 36.5 Å². The molecule has 1 fully saturated rings. The molecule has 2 heterocycles. The Kier molecular flexibility index (Phi) is 3.39. The molecule has 0 bridgehead atoms. The van der Waals surface area contributed by atoms with Crippen molar-refractivity contribution in [3.8, 4) is 17.2 Å². The van der Waals surface area contributed by atoms with Crippen molar-refractivity contribution >= 4 is 5.82 Å². The van der Waals surface area contributed by atoms with Gasteiger partial charge in [0.1, 0.15) is 11.9 Å². The minimum Gasteiger partial charge on any atom is -0.356 e. The Morgan fingerprint density at radius 2 is 1.95 bits per heavy atom. The van der Waals surface area contributed by atoms with Crippen molar-refractivity contribution in [1.29, 1.82) is 5.26 Å². The lowest BCUT2D eigenvalue weighted by atomic mass is 10.0. The summed E-state index contributed by atoms with van der Waals surface area (Å²) in [5, 5.41) is 9.40. The van der Waals surface area contributed by atoms with E-state index in [2.05, 4.69) is 35.0 Å². The molecule has 1 aromatic carbocycles. The third kappa shape index (κ3) is 2.25. The highest BCUT2D eigenvalue weighted by atomic mass is 15.2. The van der Waals surface area contributed by atoms with Gasteiger partial charge in [0.2, 0.25) is 0 Å². The molecule has 0 N–H and O–H groups in total. The van der Waals surface area contributed by atoms with E-state index in [0.29, 0.717) is 5.56 Å². The van der Waals surface area contributed by atoms with Gasteiger partial charge >= 0.3 is 0 Å². The molecule has 0 aliphatic carbocycles. The fourth-order valence-corrected chi connectivity index (χ4v) is 2.76. The lowest BCUT2D eigenvalue weighted by molar-refractivity contribution is 0.934. The molecular weight excluding hydrogens is 246 g/mol. The van der Waals surface area contributed by atoms with E-state index >= 15 is 0 Å². The molecule has 1 aliphatic heterocycles. The molecule has 20 heavy (non-hydrogen) atoms.